The van der Waals surface area contributed by atoms with Crippen molar-refractivity contribution in [2.45, 2.75) is 50.2 Å². The highest BCUT2D eigenvalue weighted by molar-refractivity contribution is 9.10. The number of rotatable bonds is 4. The van der Waals surface area contributed by atoms with Gasteiger partial charge in [-0.15, -0.1) is 11.3 Å². The molecule has 0 saturated heterocycles. The molecule has 2 nitrogen and oxygen atoms in total. The van der Waals surface area contributed by atoms with Crippen LogP contribution in [0, 0.1) is 0 Å². The number of methoxy groups -OCH3 is 1. The van der Waals surface area contributed by atoms with Crippen molar-refractivity contribution in [2.24, 2.45) is 5.73 Å². The summed E-state index contributed by atoms with van der Waals surface area (Å²) in [6.07, 6.45) is 6.95. The topological polar surface area (TPSA) is 35.2 Å². The van der Waals surface area contributed by atoms with E-state index in [9.17, 15) is 0 Å². The van der Waals surface area contributed by atoms with E-state index >= 15 is 0 Å². The van der Waals surface area contributed by atoms with E-state index in [0.717, 1.165) is 23.7 Å². The van der Waals surface area contributed by atoms with Crippen molar-refractivity contribution >= 4 is 27.3 Å². The lowest BCUT2D eigenvalue weighted by Gasteiger charge is -2.40. The summed E-state index contributed by atoms with van der Waals surface area (Å²) in [6, 6.07) is 2.27. The summed E-state index contributed by atoms with van der Waals surface area (Å²) in [5.41, 5.74) is 6.31. The molecule has 2 rings (SSSR count). The molecule has 1 aromatic heterocycles. The van der Waals surface area contributed by atoms with Crippen LogP contribution in [-0.2, 0) is 11.2 Å². The summed E-state index contributed by atoms with van der Waals surface area (Å²) in [7, 11) is 1.81. The zero-order valence-corrected chi connectivity index (χ0v) is 12.6. The molecule has 1 atom stereocenters. The van der Waals surface area contributed by atoms with Gasteiger partial charge >= 0.3 is 0 Å². The molecule has 1 fully saturated rings. The van der Waals surface area contributed by atoms with Gasteiger partial charge in [0.2, 0.25) is 0 Å². The highest BCUT2D eigenvalue weighted by atomic mass is 79.9. The quantitative estimate of drug-likeness (QED) is 0.918. The van der Waals surface area contributed by atoms with Crippen LogP contribution in [0.2, 0.25) is 0 Å². The molecule has 4 heteroatoms. The smallest absolute Gasteiger partial charge is 0.0832 e. The fraction of sp³-hybridized carbons (Fsp3) is 0.692. The molecule has 1 saturated carbocycles. The average molecular weight is 318 g/mol. The van der Waals surface area contributed by atoms with Crippen molar-refractivity contribution in [3.63, 3.8) is 0 Å². The molecule has 2 N–H and O–H groups in total. The van der Waals surface area contributed by atoms with Gasteiger partial charge in [-0.05, 0) is 41.3 Å². The van der Waals surface area contributed by atoms with Crippen LogP contribution < -0.4 is 5.73 Å². The summed E-state index contributed by atoms with van der Waals surface area (Å²) in [5.74, 6) is 0. The average Bonchev–Trinajstić information content (AvgIpc) is 2.75. The molecule has 1 aliphatic carbocycles. The first-order valence-corrected chi connectivity index (χ1v) is 7.87. The number of hydrogen-bond acceptors (Lipinski definition) is 3. The van der Waals surface area contributed by atoms with Gasteiger partial charge in [0, 0.05) is 27.9 Å². The van der Waals surface area contributed by atoms with Crippen LogP contribution >= 0.6 is 27.3 Å². The van der Waals surface area contributed by atoms with E-state index in [0.29, 0.717) is 0 Å². The zero-order valence-electron chi connectivity index (χ0n) is 10.2. The Morgan fingerprint density at radius 3 is 2.71 bits per heavy atom. The van der Waals surface area contributed by atoms with Crippen molar-refractivity contribution in [3.8, 4) is 0 Å². The third-order valence-corrected chi connectivity index (χ3v) is 5.54. The first kappa shape index (κ1) is 13.5. The molecule has 1 unspecified atom stereocenters. The van der Waals surface area contributed by atoms with Gasteiger partial charge in [0.1, 0.15) is 0 Å². The lowest BCUT2D eigenvalue weighted by Crippen LogP contribution is -2.51. The molecule has 1 aromatic rings. The predicted molar refractivity (Wildman–Crippen MR) is 76.5 cm³/mol. The van der Waals surface area contributed by atoms with Crippen LogP contribution in [0.4, 0.5) is 0 Å². The molecule has 96 valence electrons. The van der Waals surface area contributed by atoms with E-state index < -0.39 is 0 Å². The van der Waals surface area contributed by atoms with Gasteiger partial charge in [-0.2, -0.15) is 0 Å². The van der Waals surface area contributed by atoms with Crippen LogP contribution in [0.3, 0.4) is 0 Å². The summed E-state index contributed by atoms with van der Waals surface area (Å²) < 4.78 is 6.94. The minimum absolute atomic E-state index is 0.0886. The summed E-state index contributed by atoms with van der Waals surface area (Å²) >= 11 is 5.26. The van der Waals surface area contributed by atoms with Gasteiger partial charge in [-0.25, -0.2) is 0 Å². The maximum atomic E-state index is 6.40. The van der Waals surface area contributed by atoms with Gasteiger partial charge < -0.3 is 10.5 Å². The SMILES string of the molecule is COC1(C(N)Cc2cc(Br)cs2)CCCCC1. The Labute approximate surface area is 116 Å². The highest BCUT2D eigenvalue weighted by Crippen LogP contribution is 2.35. The van der Waals surface area contributed by atoms with E-state index in [1.165, 1.54) is 24.1 Å². The van der Waals surface area contributed by atoms with Gasteiger partial charge in [0.05, 0.1) is 5.60 Å². The third-order valence-electron chi connectivity index (χ3n) is 3.83. The molecular weight excluding hydrogens is 298 g/mol. The first-order chi connectivity index (χ1) is 8.16. The zero-order chi connectivity index (χ0) is 12.3. The van der Waals surface area contributed by atoms with E-state index in [2.05, 4.69) is 27.4 Å². The molecule has 0 aromatic carbocycles. The van der Waals surface area contributed by atoms with Crippen molar-refractivity contribution in [3.05, 3.63) is 20.8 Å². The second kappa shape index (κ2) is 5.83. The Bertz CT molecular complexity index is 360. The Hall–Kier alpha value is 0.1000. The molecular formula is C13H20BrNOS. The van der Waals surface area contributed by atoms with Crippen LogP contribution in [-0.4, -0.2) is 18.8 Å². The number of ether oxygens (including phenoxy) is 1. The Morgan fingerprint density at radius 2 is 2.18 bits per heavy atom. The molecule has 0 aliphatic heterocycles. The van der Waals surface area contributed by atoms with E-state index in [4.69, 9.17) is 10.5 Å². The van der Waals surface area contributed by atoms with Crippen LogP contribution in [0.15, 0.2) is 15.9 Å². The number of hydrogen-bond donors (Lipinski definition) is 1. The highest BCUT2D eigenvalue weighted by Gasteiger charge is 2.38. The van der Waals surface area contributed by atoms with E-state index in [-0.39, 0.29) is 11.6 Å². The van der Waals surface area contributed by atoms with Gasteiger partial charge in [0.15, 0.2) is 0 Å². The van der Waals surface area contributed by atoms with Crippen molar-refractivity contribution in [1.29, 1.82) is 0 Å². The van der Waals surface area contributed by atoms with Crippen LogP contribution in [0.1, 0.15) is 37.0 Å². The Morgan fingerprint density at radius 1 is 1.47 bits per heavy atom. The van der Waals surface area contributed by atoms with Gasteiger partial charge in [-0.1, -0.05) is 19.3 Å². The number of thiophene rings is 1. The fourth-order valence-electron chi connectivity index (χ4n) is 2.74. The van der Waals surface area contributed by atoms with E-state index in [1.807, 2.05) is 7.11 Å². The first-order valence-electron chi connectivity index (χ1n) is 6.20. The maximum absolute atomic E-state index is 6.40. The second-order valence-electron chi connectivity index (χ2n) is 4.87. The molecule has 17 heavy (non-hydrogen) atoms. The Balaban J connectivity index is 2.04. The normalized spacial score (nSPS) is 21.4. The van der Waals surface area contributed by atoms with Crippen molar-refractivity contribution < 1.29 is 4.74 Å². The summed E-state index contributed by atoms with van der Waals surface area (Å²) in [4.78, 5) is 1.34. The monoisotopic (exact) mass is 317 g/mol. The number of halogens is 1. The fourth-order valence-corrected chi connectivity index (χ4v) is 4.25. The van der Waals surface area contributed by atoms with E-state index in [1.54, 1.807) is 11.3 Å². The molecule has 0 bridgehead atoms. The third kappa shape index (κ3) is 3.11. The minimum Gasteiger partial charge on any atom is -0.377 e. The van der Waals surface area contributed by atoms with Crippen molar-refractivity contribution in [2.75, 3.05) is 7.11 Å². The molecule has 0 spiro atoms. The second-order valence-corrected chi connectivity index (χ2v) is 6.78. The Kier molecular flexibility index (Phi) is 4.64. The lowest BCUT2D eigenvalue weighted by molar-refractivity contribution is -0.0581. The molecule has 1 aliphatic rings. The van der Waals surface area contributed by atoms with Crippen LogP contribution in [0.25, 0.3) is 0 Å². The molecule has 1 heterocycles. The van der Waals surface area contributed by atoms with Gasteiger partial charge in [0.25, 0.3) is 0 Å². The number of nitrogens with two attached hydrogens (primary N) is 1. The summed E-state index contributed by atoms with van der Waals surface area (Å²) in [5, 5.41) is 2.11. The summed E-state index contributed by atoms with van der Waals surface area (Å²) in [6.45, 7) is 0. The minimum atomic E-state index is -0.0886. The largest absolute Gasteiger partial charge is 0.377 e. The van der Waals surface area contributed by atoms with Gasteiger partial charge in [-0.3, -0.25) is 0 Å². The van der Waals surface area contributed by atoms with Crippen LogP contribution in [0.5, 0.6) is 0 Å². The van der Waals surface area contributed by atoms with Crippen molar-refractivity contribution in [1.82, 2.24) is 0 Å². The molecule has 0 amide bonds. The predicted octanol–water partition coefficient (Wildman–Crippen LogP) is 3.73. The molecule has 0 radical (unpaired) electrons. The lowest BCUT2D eigenvalue weighted by atomic mass is 9.78. The standard InChI is InChI=1S/C13H20BrNOS/c1-16-13(5-3-2-4-6-13)12(15)8-11-7-10(14)9-17-11/h7,9,12H,2-6,8,15H2,1H3. The maximum Gasteiger partial charge on any atom is 0.0832 e.